The summed E-state index contributed by atoms with van der Waals surface area (Å²) >= 11 is 0. The summed E-state index contributed by atoms with van der Waals surface area (Å²) in [5.41, 5.74) is 5.39. The van der Waals surface area contributed by atoms with Crippen LogP contribution in [0.3, 0.4) is 0 Å². The molecule has 0 saturated heterocycles. The first-order valence-corrected chi connectivity index (χ1v) is 7.72. The number of rotatable bonds is 10. The van der Waals surface area contributed by atoms with Crippen LogP contribution in [-0.4, -0.2) is 58.3 Å². The minimum Gasteiger partial charge on any atom is -0.462 e. The molecule has 0 radical (unpaired) electrons. The zero-order chi connectivity index (χ0) is 15.6. The highest BCUT2D eigenvalue weighted by Gasteiger charge is 2.42. The third-order valence-electron chi connectivity index (χ3n) is 4.00. The fourth-order valence-corrected chi connectivity index (χ4v) is 2.47. The first kappa shape index (κ1) is 18.4. The molecule has 0 amide bonds. The summed E-state index contributed by atoms with van der Waals surface area (Å²) in [6, 6.07) is 0. The van der Waals surface area contributed by atoms with Crippen LogP contribution >= 0.6 is 0 Å². The van der Waals surface area contributed by atoms with Gasteiger partial charge in [-0.15, -0.1) is 0 Å². The van der Waals surface area contributed by atoms with Gasteiger partial charge in [-0.25, -0.2) is 0 Å². The van der Waals surface area contributed by atoms with Gasteiger partial charge in [0.1, 0.15) is 12.1 Å². The van der Waals surface area contributed by atoms with Gasteiger partial charge in [-0.3, -0.25) is 4.79 Å². The Labute approximate surface area is 127 Å². The monoisotopic (exact) mass is 303 g/mol. The molecule has 0 aromatic rings. The van der Waals surface area contributed by atoms with E-state index in [0.717, 1.165) is 19.3 Å². The summed E-state index contributed by atoms with van der Waals surface area (Å²) in [6.45, 7) is 4.75. The van der Waals surface area contributed by atoms with Crippen LogP contribution in [0.1, 0.15) is 32.6 Å². The Morgan fingerprint density at radius 2 is 1.71 bits per heavy atom. The molecule has 0 aromatic carbocycles. The molecule has 6 heteroatoms. The van der Waals surface area contributed by atoms with Gasteiger partial charge in [0.25, 0.3) is 0 Å². The number of methoxy groups -OCH3 is 1. The Kier molecular flexibility index (Phi) is 8.84. The van der Waals surface area contributed by atoms with Crippen LogP contribution < -0.4 is 5.73 Å². The standard InChI is InChI=1S/C15H29NO5/c1-13-5-3-4-6-15(13,16)14(17)21-12-11-20-10-9-19-8-7-18-2/h13H,3-12,16H2,1-2H3. The third kappa shape index (κ3) is 6.30. The molecule has 1 fully saturated rings. The van der Waals surface area contributed by atoms with Gasteiger partial charge in [0, 0.05) is 7.11 Å². The van der Waals surface area contributed by atoms with E-state index in [2.05, 4.69) is 0 Å². The Morgan fingerprint density at radius 3 is 2.33 bits per heavy atom. The average Bonchev–Trinajstić information content (AvgIpc) is 2.48. The van der Waals surface area contributed by atoms with Crippen molar-refractivity contribution < 1.29 is 23.7 Å². The van der Waals surface area contributed by atoms with E-state index in [1.54, 1.807) is 7.11 Å². The van der Waals surface area contributed by atoms with Gasteiger partial charge in [0.05, 0.1) is 33.0 Å². The number of nitrogens with two attached hydrogens (primary N) is 1. The Hall–Kier alpha value is -0.690. The highest BCUT2D eigenvalue weighted by Crippen LogP contribution is 2.32. The first-order chi connectivity index (χ1) is 10.1. The molecule has 0 heterocycles. The van der Waals surface area contributed by atoms with Crippen molar-refractivity contribution in [2.45, 2.75) is 38.1 Å². The second-order valence-electron chi connectivity index (χ2n) is 5.54. The lowest BCUT2D eigenvalue weighted by Crippen LogP contribution is -2.55. The molecule has 2 unspecified atom stereocenters. The van der Waals surface area contributed by atoms with Crippen LogP contribution in [0.2, 0.25) is 0 Å². The highest BCUT2D eigenvalue weighted by atomic mass is 16.6. The van der Waals surface area contributed by atoms with Gasteiger partial charge in [0.15, 0.2) is 0 Å². The van der Waals surface area contributed by atoms with Crippen LogP contribution in [0.5, 0.6) is 0 Å². The van der Waals surface area contributed by atoms with Gasteiger partial charge in [-0.2, -0.15) is 0 Å². The van der Waals surface area contributed by atoms with Gasteiger partial charge < -0.3 is 24.7 Å². The van der Waals surface area contributed by atoms with E-state index in [4.69, 9.17) is 24.7 Å². The van der Waals surface area contributed by atoms with Crippen molar-refractivity contribution in [3.05, 3.63) is 0 Å². The molecule has 6 nitrogen and oxygen atoms in total. The molecule has 0 aliphatic heterocycles. The Morgan fingerprint density at radius 1 is 1.10 bits per heavy atom. The van der Waals surface area contributed by atoms with Crippen molar-refractivity contribution in [2.24, 2.45) is 11.7 Å². The third-order valence-corrected chi connectivity index (χ3v) is 4.00. The number of hydrogen-bond acceptors (Lipinski definition) is 6. The molecular weight excluding hydrogens is 274 g/mol. The number of carbonyl (C=O) groups excluding carboxylic acids is 1. The number of hydrogen-bond donors (Lipinski definition) is 1. The summed E-state index contributed by atoms with van der Waals surface area (Å²) in [4.78, 5) is 12.1. The molecule has 124 valence electrons. The molecular formula is C15H29NO5. The van der Waals surface area contributed by atoms with E-state index in [1.807, 2.05) is 6.92 Å². The van der Waals surface area contributed by atoms with Crippen molar-refractivity contribution in [3.8, 4) is 0 Å². The van der Waals surface area contributed by atoms with E-state index in [9.17, 15) is 4.79 Å². The van der Waals surface area contributed by atoms with Gasteiger partial charge >= 0.3 is 5.97 Å². The fraction of sp³-hybridized carbons (Fsp3) is 0.933. The van der Waals surface area contributed by atoms with Crippen LogP contribution in [0.4, 0.5) is 0 Å². The molecule has 2 N–H and O–H groups in total. The first-order valence-electron chi connectivity index (χ1n) is 7.72. The summed E-state index contributed by atoms with van der Waals surface area (Å²) in [7, 11) is 1.63. The lowest BCUT2D eigenvalue weighted by Gasteiger charge is -2.36. The van der Waals surface area contributed by atoms with Crippen molar-refractivity contribution in [2.75, 3.05) is 46.8 Å². The van der Waals surface area contributed by atoms with Gasteiger partial charge in [-0.05, 0) is 18.8 Å². The Bertz CT molecular complexity index is 300. The van der Waals surface area contributed by atoms with Crippen LogP contribution in [0.25, 0.3) is 0 Å². The van der Waals surface area contributed by atoms with E-state index in [-0.39, 0.29) is 18.5 Å². The lowest BCUT2D eigenvalue weighted by molar-refractivity contribution is -0.155. The maximum absolute atomic E-state index is 12.1. The molecule has 21 heavy (non-hydrogen) atoms. The SMILES string of the molecule is COCCOCCOCCOC(=O)C1(N)CCCCC1C. The summed E-state index contributed by atoms with van der Waals surface area (Å²) in [5, 5.41) is 0. The summed E-state index contributed by atoms with van der Waals surface area (Å²) in [5.74, 6) is -0.122. The second-order valence-corrected chi connectivity index (χ2v) is 5.54. The zero-order valence-electron chi connectivity index (χ0n) is 13.3. The normalized spacial score (nSPS) is 25.8. The predicted molar refractivity (Wildman–Crippen MR) is 79.0 cm³/mol. The van der Waals surface area contributed by atoms with Crippen LogP contribution in [-0.2, 0) is 23.7 Å². The maximum atomic E-state index is 12.1. The van der Waals surface area contributed by atoms with E-state index >= 15 is 0 Å². The number of esters is 1. The van der Waals surface area contributed by atoms with Crippen LogP contribution in [0.15, 0.2) is 0 Å². The smallest absolute Gasteiger partial charge is 0.326 e. The molecule has 0 spiro atoms. The molecule has 2 atom stereocenters. The number of carbonyl (C=O) groups is 1. The van der Waals surface area contributed by atoms with Crippen molar-refractivity contribution in [3.63, 3.8) is 0 Å². The quantitative estimate of drug-likeness (QED) is 0.481. The highest BCUT2D eigenvalue weighted by molar-refractivity contribution is 5.81. The minimum absolute atomic E-state index is 0.175. The van der Waals surface area contributed by atoms with E-state index in [1.165, 1.54) is 0 Å². The van der Waals surface area contributed by atoms with Crippen molar-refractivity contribution >= 4 is 5.97 Å². The topological polar surface area (TPSA) is 80.0 Å². The van der Waals surface area contributed by atoms with Gasteiger partial charge in [0.2, 0.25) is 0 Å². The average molecular weight is 303 g/mol. The zero-order valence-corrected chi connectivity index (χ0v) is 13.3. The summed E-state index contributed by atoms with van der Waals surface area (Å²) < 4.78 is 20.7. The predicted octanol–water partition coefficient (Wildman–Crippen LogP) is 1.12. The largest absolute Gasteiger partial charge is 0.462 e. The lowest BCUT2D eigenvalue weighted by atomic mass is 9.74. The molecule has 1 aliphatic rings. The maximum Gasteiger partial charge on any atom is 0.326 e. The van der Waals surface area contributed by atoms with Crippen molar-refractivity contribution in [1.29, 1.82) is 0 Å². The molecule has 0 aromatic heterocycles. The minimum atomic E-state index is -0.818. The van der Waals surface area contributed by atoms with Crippen LogP contribution in [0, 0.1) is 5.92 Å². The number of ether oxygens (including phenoxy) is 4. The summed E-state index contributed by atoms with van der Waals surface area (Å²) in [6.07, 6.45) is 3.83. The van der Waals surface area contributed by atoms with Crippen molar-refractivity contribution in [1.82, 2.24) is 0 Å². The molecule has 0 bridgehead atoms. The Balaban J connectivity index is 2.05. The molecule has 1 rings (SSSR count). The molecule has 1 aliphatic carbocycles. The fourth-order valence-electron chi connectivity index (χ4n) is 2.47. The van der Waals surface area contributed by atoms with E-state index < -0.39 is 5.54 Å². The van der Waals surface area contributed by atoms with E-state index in [0.29, 0.717) is 39.5 Å². The second kappa shape index (κ2) is 10.1. The van der Waals surface area contributed by atoms with Gasteiger partial charge in [-0.1, -0.05) is 19.8 Å². The molecule has 1 saturated carbocycles.